The standard InChI is InChI=1S/C14H18N2O2S2/c1-11(2)15-10-12-6-3-4-7-13(12)16-20(17,18)14-8-5-9-19-14/h3-9,11,15-16H,10H2,1-2H3. The molecule has 0 radical (unpaired) electrons. The third-order valence-corrected chi connectivity index (χ3v) is 5.49. The van der Waals surface area contributed by atoms with Gasteiger partial charge in [0.15, 0.2) is 0 Å². The van der Waals surface area contributed by atoms with Crippen LogP contribution in [0.1, 0.15) is 19.4 Å². The molecule has 108 valence electrons. The second-order valence-corrected chi connectivity index (χ2v) is 7.59. The summed E-state index contributed by atoms with van der Waals surface area (Å²) < 4.78 is 27.4. The molecule has 0 unspecified atom stereocenters. The summed E-state index contributed by atoms with van der Waals surface area (Å²) >= 11 is 1.21. The minimum atomic E-state index is -3.49. The SMILES string of the molecule is CC(C)NCc1ccccc1NS(=O)(=O)c1cccs1. The molecular formula is C14H18N2O2S2. The molecule has 1 aromatic heterocycles. The van der Waals surface area contributed by atoms with Crippen molar-refractivity contribution in [3.63, 3.8) is 0 Å². The van der Waals surface area contributed by atoms with Crippen LogP contribution in [-0.4, -0.2) is 14.5 Å². The number of sulfonamides is 1. The zero-order valence-electron chi connectivity index (χ0n) is 11.5. The Labute approximate surface area is 123 Å². The van der Waals surface area contributed by atoms with E-state index in [-0.39, 0.29) is 0 Å². The molecular weight excluding hydrogens is 292 g/mol. The fourth-order valence-corrected chi connectivity index (χ4v) is 3.79. The lowest BCUT2D eigenvalue weighted by Crippen LogP contribution is -2.23. The Kier molecular flexibility index (Phi) is 4.80. The number of anilines is 1. The van der Waals surface area contributed by atoms with E-state index in [0.717, 1.165) is 5.56 Å². The summed E-state index contributed by atoms with van der Waals surface area (Å²) in [7, 11) is -3.49. The van der Waals surface area contributed by atoms with Gasteiger partial charge in [0, 0.05) is 12.6 Å². The topological polar surface area (TPSA) is 58.2 Å². The number of nitrogens with one attached hydrogen (secondary N) is 2. The van der Waals surface area contributed by atoms with Crippen LogP contribution in [-0.2, 0) is 16.6 Å². The Bertz CT molecular complexity index is 650. The summed E-state index contributed by atoms with van der Waals surface area (Å²) in [5.74, 6) is 0. The number of hydrogen-bond acceptors (Lipinski definition) is 4. The Hall–Kier alpha value is -1.37. The molecule has 2 N–H and O–H groups in total. The van der Waals surface area contributed by atoms with Gasteiger partial charge in [-0.1, -0.05) is 38.1 Å². The lowest BCUT2D eigenvalue weighted by molar-refractivity contribution is 0.589. The number of para-hydroxylation sites is 1. The van der Waals surface area contributed by atoms with Crippen LogP contribution in [0.25, 0.3) is 0 Å². The Morgan fingerprint density at radius 1 is 1.15 bits per heavy atom. The van der Waals surface area contributed by atoms with Gasteiger partial charge >= 0.3 is 0 Å². The van der Waals surface area contributed by atoms with Crippen LogP contribution >= 0.6 is 11.3 Å². The van der Waals surface area contributed by atoms with E-state index in [0.29, 0.717) is 22.5 Å². The summed E-state index contributed by atoms with van der Waals surface area (Å²) in [6, 6.07) is 11.1. The van der Waals surface area contributed by atoms with E-state index < -0.39 is 10.0 Å². The van der Waals surface area contributed by atoms with E-state index in [1.54, 1.807) is 23.6 Å². The maximum Gasteiger partial charge on any atom is 0.271 e. The molecule has 0 bridgehead atoms. The third-order valence-electron chi connectivity index (χ3n) is 2.72. The molecule has 0 fully saturated rings. The predicted molar refractivity (Wildman–Crippen MR) is 83.5 cm³/mol. The van der Waals surface area contributed by atoms with Gasteiger partial charge in [0.25, 0.3) is 10.0 Å². The Morgan fingerprint density at radius 2 is 1.90 bits per heavy atom. The van der Waals surface area contributed by atoms with Gasteiger partial charge in [0.1, 0.15) is 4.21 Å². The maximum atomic E-state index is 12.2. The number of benzene rings is 1. The molecule has 0 saturated carbocycles. The molecule has 0 aliphatic rings. The van der Waals surface area contributed by atoms with Crippen molar-refractivity contribution in [2.24, 2.45) is 0 Å². The second-order valence-electron chi connectivity index (χ2n) is 4.73. The Balaban J connectivity index is 2.21. The number of hydrogen-bond donors (Lipinski definition) is 2. The Morgan fingerprint density at radius 3 is 2.55 bits per heavy atom. The summed E-state index contributed by atoms with van der Waals surface area (Å²) in [4.78, 5) is 0. The predicted octanol–water partition coefficient (Wildman–Crippen LogP) is 3.05. The van der Waals surface area contributed by atoms with Crippen LogP contribution in [0, 0.1) is 0 Å². The van der Waals surface area contributed by atoms with Crippen molar-refractivity contribution in [2.45, 2.75) is 30.6 Å². The highest BCUT2D eigenvalue weighted by Gasteiger charge is 2.16. The minimum Gasteiger partial charge on any atom is -0.310 e. The zero-order valence-corrected chi connectivity index (χ0v) is 13.1. The first-order chi connectivity index (χ1) is 9.49. The van der Waals surface area contributed by atoms with Crippen LogP contribution in [0.3, 0.4) is 0 Å². The van der Waals surface area contributed by atoms with E-state index in [1.807, 2.05) is 18.2 Å². The van der Waals surface area contributed by atoms with Gasteiger partial charge in [-0.3, -0.25) is 4.72 Å². The second kappa shape index (κ2) is 6.39. The molecule has 0 spiro atoms. The van der Waals surface area contributed by atoms with Gasteiger partial charge in [0.05, 0.1) is 5.69 Å². The van der Waals surface area contributed by atoms with Crippen LogP contribution in [0.4, 0.5) is 5.69 Å². The van der Waals surface area contributed by atoms with Crippen LogP contribution in [0.5, 0.6) is 0 Å². The van der Waals surface area contributed by atoms with Gasteiger partial charge in [-0.25, -0.2) is 8.42 Å². The minimum absolute atomic E-state index is 0.323. The van der Waals surface area contributed by atoms with Crippen molar-refractivity contribution >= 4 is 27.0 Å². The summed E-state index contributed by atoms with van der Waals surface area (Å²) in [5, 5.41) is 5.04. The van der Waals surface area contributed by atoms with Crippen molar-refractivity contribution in [2.75, 3.05) is 4.72 Å². The molecule has 0 amide bonds. The fourth-order valence-electron chi connectivity index (χ4n) is 1.70. The summed E-state index contributed by atoms with van der Waals surface area (Å²) in [6.07, 6.45) is 0. The van der Waals surface area contributed by atoms with Crippen LogP contribution in [0.2, 0.25) is 0 Å². The molecule has 0 aliphatic heterocycles. The zero-order chi connectivity index (χ0) is 14.6. The first kappa shape index (κ1) is 15.0. The van der Waals surface area contributed by atoms with Crippen molar-refractivity contribution in [3.8, 4) is 0 Å². The van der Waals surface area contributed by atoms with Crippen LogP contribution in [0.15, 0.2) is 46.0 Å². The maximum absolute atomic E-state index is 12.2. The van der Waals surface area contributed by atoms with E-state index in [1.165, 1.54) is 11.3 Å². The number of thiophene rings is 1. The smallest absolute Gasteiger partial charge is 0.271 e. The molecule has 0 atom stereocenters. The van der Waals surface area contributed by atoms with Crippen molar-refractivity contribution in [3.05, 3.63) is 47.3 Å². The molecule has 20 heavy (non-hydrogen) atoms. The first-order valence-electron chi connectivity index (χ1n) is 6.36. The van der Waals surface area contributed by atoms with Gasteiger partial charge in [-0.2, -0.15) is 0 Å². The molecule has 6 heteroatoms. The number of rotatable bonds is 6. The first-order valence-corrected chi connectivity index (χ1v) is 8.73. The molecule has 0 saturated heterocycles. The highest BCUT2D eigenvalue weighted by Crippen LogP contribution is 2.22. The summed E-state index contributed by atoms with van der Waals surface area (Å²) in [5.41, 5.74) is 1.55. The van der Waals surface area contributed by atoms with E-state index in [2.05, 4.69) is 23.9 Å². The molecule has 1 heterocycles. The van der Waals surface area contributed by atoms with Gasteiger partial charge < -0.3 is 5.32 Å². The largest absolute Gasteiger partial charge is 0.310 e. The highest BCUT2D eigenvalue weighted by atomic mass is 32.2. The van der Waals surface area contributed by atoms with Gasteiger partial charge in [-0.15, -0.1) is 11.3 Å². The van der Waals surface area contributed by atoms with Crippen molar-refractivity contribution < 1.29 is 8.42 Å². The lowest BCUT2D eigenvalue weighted by Gasteiger charge is -2.14. The lowest BCUT2D eigenvalue weighted by atomic mass is 10.2. The van der Waals surface area contributed by atoms with Crippen molar-refractivity contribution in [1.29, 1.82) is 0 Å². The van der Waals surface area contributed by atoms with E-state index in [9.17, 15) is 8.42 Å². The third kappa shape index (κ3) is 3.82. The van der Waals surface area contributed by atoms with Gasteiger partial charge in [0.2, 0.25) is 0 Å². The molecule has 2 aromatic rings. The average Bonchev–Trinajstić information content (AvgIpc) is 2.92. The van der Waals surface area contributed by atoms with Gasteiger partial charge in [-0.05, 0) is 23.1 Å². The molecule has 4 nitrogen and oxygen atoms in total. The molecule has 0 aliphatic carbocycles. The van der Waals surface area contributed by atoms with E-state index in [4.69, 9.17) is 0 Å². The summed E-state index contributed by atoms with van der Waals surface area (Å²) in [6.45, 7) is 4.73. The average molecular weight is 310 g/mol. The monoisotopic (exact) mass is 310 g/mol. The van der Waals surface area contributed by atoms with Crippen molar-refractivity contribution in [1.82, 2.24) is 5.32 Å². The fraction of sp³-hybridized carbons (Fsp3) is 0.286. The van der Waals surface area contributed by atoms with E-state index >= 15 is 0 Å². The quantitative estimate of drug-likeness (QED) is 0.862. The van der Waals surface area contributed by atoms with Crippen LogP contribution < -0.4 is 10.0 Å². The highest BCUT2D eigenvalue weighted by molar-refractivity contribution is 7.94. The normalized spacial score (nSPS) is 11.8. The molecule has 2 rings (SSSR count). The molecule has 1 aromatic carbocycles.